The smallest absolute Gasteiger partial charge is 0.328 e. The van der Waals surface area contributed by atoms with Crippen LogP contribution in [-0.4, -0.2) is 43.4 Å². The summed E-state index contributed by atoms with van der Waals surface area (Å²) in [5.74, 6) is -0.360. The normalized spacial score (nSPS) is 11.8. The topological polar surface area (TPSA) is 84.1 Å². The van der Waals surface area contributed by atoms with Gasteiger partial charge in [-0.2, -0.15) is 5.10 Å². The average Bonchev–Trinajstić information content (AvgIpc) is 2.70. The first kappa shape index (κ1) is 12.3. The summed E-state index contributed by atoms with van der Waals surface area (Å²) < 4.78 is 1.63. The summed E-state index contributed by atoms with van der Waals surface area (Å²) in [6.45, 7) is 3.25. The summed E-state index contributed by atoms with van der Waals surface area (Å²) in [5.41, 5.74) is -0.384. The van der Waals surface area contributed by atoms with E-state index in [2.05, 4.69) is 15.1 Å². The largest absolute Gasteiger partial charge is 0.480 e. The van der Waals surface area contributed by atoms with Crippen molar-refractivity contribution in [2.75, 3.05) is 11.9 Å². The molecule has 0 aromatic carbocycles. The van der Waals surface area contributed by atoms with Crippen molar-refractivity contribution >= 4 is 22.8 Å². The summed E-state index contributed by atoms with van der Waals surface area (Å²) in [4.78, 5) is 21.2. The van der Waals surface area contributed by atoms with Crippen molar-refractivity contribution in [1.82, 2.24) is 19.7 Å². The molecule has 0 spiro atoms. The summed E-state index contributed by atoms with van der Waals surface area (Å²) in [5, 5.41) is 14.1. The Bertz CT molecular complexity index is 604. The number of aliphatic carboxylic acids is 1. The van der Waals surface area contributed by atoms with Crippen molar-refractivity contribution in [2.45, 2.75) is 19.4 Å². The first-order valence-electron chi connectivity index (χ1n) is 5.45. The Labute approximate surface area is 104 Å². The van der Waals surface area contributed by atoms with Crippen molar-refractivity contribution in [1.29, 1.82) is 0 Å². The molecule has 0 unspecified atom stereocenters. The van der Waals surface area contributed by atoms with Gasteiger partial charge < -0.3 is 10.0 Å². The highest BCUT2D eigenvalue weighted by atomic mass is 16.4. The van der Waals surface area contributed by atoms with E-state index >= 15 is 0 Å². The van der Waals surface area contributed by atoms with Gasteiger partial charge in [0, 0.05) is 14.1 Å². The Balaban J connectivity index is 2.58. The second-order valence-electron chi connectivity index (χ2n) is 4.63. The lowest BCUT2D eigenvalue weighted by Gasteiger charge is -2.32. The quantitative estimate of drug-likeness (QED) is 0.860. The number of hydrogen-bond donors (Lipinski definition) is 1. The van der Waals surface area contributed by atoms with Gasteiger partial charge in [0.25, 0.3) is 0 Å². The van der Waals surface area contributed by atoms with Crippen LogP contribution >= 0.6 is 0 Å². The second-order valence-corrected chi connectivity index (χ2v) is 4.63. The fourth-order valence-electron chi connectivity index (χ4n) is 1.63. The number of hydrogen-bond acceptors (Lipinski definition) is 5. The Morgan fingerprint density at radius 2 is 2.11 bits per heavy atom. The molecule has 0 aliphatic heterocycles. The minimum atomic E-state index is -1.06. The molecule has 0 aliphatic carbocycles. The Morgan fingerprint density at radius 3 is 2.72 bits per heavy atom. The molecular weight excluding hydrogens is 234 g/mol. The molecule has 2 heterocycles. The van der Waals surface area contributed by atoms with Gasteiger partial charge in [-0.3, -0.25) is 4.68 Å². The van der Waals surface area contributed by atoms with Crippen LogP contribution < -0.4 is 4.90 Å². The third-order valence-electron chi connectivity index (χ3n) is 3.19. The van der Waals surface area contributed by atoms with E-state index in [0.717, 1.165) is 5.39 Å². The monoisotopic (exact) mass is 249 g/mol. The summed E-state index contributed by atoms with van der Waals surface area (Å²) >= 11 is 0. The Kier molecular flexibility index (Phi) is 2.68. The van der Waals surface area contributed by atoms with Gasteiger partial charge in [0.15, 0.2) is 5.65 Å². The number of anilines is 1. The van der Waals surface area contributed by atoms with Crippen molar-refractivity contribution in [2.24, 2.45) is 7.05 Å². The number of carboxylic acid groups (broad SMARTS) is 1. The number of carbonyl (C=O) groups is 1. The van der Waals surface area contributed by atoms with E-state index in [1.807, 2.05) is 0 Å². The van der Waals surface area contributed by atoms with Crippen LogP contribution in [0.3, 0.4) is 0 Å². The molecule has 0 fully saturated rings. The zero-order chi connectivity index (χ0) is 13.5. The number of fused-ring (bicyclic) bond motifs is 1. The van der Waals surface area contributed by atoms with Gasteiger partial charge in [0.05, 0.1) is 11.6 Å². The fraction of sp³-hybridized carbons (Fsp3) is 0.455. The highest BCUT2D eigenvalue weighted by Crippen LogP contribution is 2.26. The highest BCUT2D eigenvalue weighted by molar-refractivity contribution is 5.90. The third-order valence-corrected chi connectivity index (χ3v) is 3.19. The van der Waals surface area contributed by atoms with Gasteiger partial charge in [-0.1, -0.05) is 0 Å². The maximum atomic E-state index is 11.3. The van der Waals surface area contributed by atoms with Crippen LogP contribution in [0.25, 0.3) is 11.0 Å². The Hall–Kier alpha value is -2.18. The van der Waals surface area contributed by atoms with Gasteiger partial charge in [-0.15, -0.1) is 0 Å². The SMILES string of the molecule is CN(c1ncnc2c1cnn2C)C(C)(C)C(=O)O. The molecule has 0 aliphatic rings. The van der Waals surface area contributed by atoms with Crippen LogP contribution in [-0.2, 0) is 11.8 Å². The van der Waals surface area contributed by atoms with Crippen LogP contribution in [0.2, 0.25) is 0 Å². The van der Waals surface area contributed by atoms with E-state index in [4.69, 9.17) is 0 Å². The second kappa shape index (κ2) is 3.94. The van der Waals surface area contributed by atoms with Crippen LogP contribution in [0.1, 0.15) is 13.8 Å². The molecule has 96 valence electrons. The minimum Gasteiger partial charge on any atom is -0.480 e. The van der Waals surface area contributed by atoms with Crippen LogP contribution in [0.4, 0.5) is 5.82 Å². The summed E-state index contributed by atoms with van der Waals surface area (Å²) in [7, 11) is 3.48. The van der Waals surface area contributed by atoms with Gasteiger partial charge in [-0.05, 0) is 13.8 Å². The molecule has 18 heavy (non-hydrogen) atoms. The molecule has 0 atom stereocenters. The van der Waals surface area contributed by atoms with Gasteiger partial charge in [0.1, 0.15) is 17.7 Å². The number of aryl methyl sites for hydroxylation is 1. The Morgan fingerprint density at radius 1 is 1.44 bits per heavy atom. The van der Waals surface area contributed by atoms with E-state index in [1.54, 1.807) is 43.7 Å². The lowest BCUT2D eigenvalue weighted by molar-refractivity contribution is -0.142. The fourth-order valence-corrected chi connectivity index (χ4v) is 1.63. The summed E-state index contributed by atoms with van der Waals surface area (Å²) in [6.07, 6.45) is 3.05. The van der Waals surface area contributed by atoms with Gasteiger partial charge in [-0.25, -0.2) is 14.8 Å². The van der Waals surface area contributed by atoms with Crippen LogP contribution in [0, 0.1) is 0 Å². The van der Waals surface area contributed by atoms with E-state index in [9.17, 15) is 9.90 Å². The van der Waals surface area contributed by atoms with Crippen LogP contribution in [0.15, 0.2) is 12.5 Å². The van der Waals surface area contributed by atoms with Gasteiger partial charge in [0.2, 0.25) is 0 Å². The number of rotatable bonds is 3. The molecule has 2 aromatic rings. The molecule has 0 bridgehead atoms. The van der Waals surface area contributed by atoms with Crippen molar-refractivity contribution in [3.8, 4) is 0 Å². The average molecular weight is 249 g/mol. The predicted octanol–water partition coefficient (Wildman–Crippen LogP) is 0.663. The number of nitrogens with zero attached hydrogens (tertiary/aromatic N) is 5. The lowest BCUT2D eigenvalue weighted by Crippen LogP contribution is -2.48. The molecule has 1 N–H and O–H groups in total. The highest BCUT2D eigenvalue weighted by Gasteiger charge is 2.34. The van der Waals surface area contributed by atoms with Crippen molar-refractivity contribution in [3.05, 3.63) is 12.5 Å². The van der Waals surface area contributed by atoms with E-state index < -0.39 is 11.5 Å². The molecule has 0 radical (unpaired) electrons. The molecule has 2 rings (SSSR count). The lowest BCUT2D eigenvalue weighted by atomic mass is 10.0. The maximum Gasteiger partial charge on any atom is 0.328 e. The molecule has 0 saturated heterocycles. The molecule has 7 nitrogen and oxygen atoms in total. The molecule has 0 saturated carbocycles. The third kappa shape index (κ3) is 1.68. The number of aromatic nitrogens is 4. The molecule has 2 aromatic heterocycles. The molecule has 0 amide bonds. The molecule has 7 heteroatoms. The zero-order valence-corrected chi connectivity index (χ0v) is 10.7. The van der Waals surface area contributed by atoms with E-state index in [0.29, 0.717) is 11.5 Å². The summed E-state index contributed by atoms with van der Waals surface area (Å²) in [6, 6.07) is 0. The van der Waals surface area contributed by atoms with E-state index in [-0.39, 0.29) is 0 Å². The van der Waals surface area contributed by atoms with Crippen LogP contribution in [0.5, 0.6) is 0 Å². The first-order valence-corrected chi connectivity index (χ1v) is 5.45. The minimum absolute atomic E-state index is 0.556. The zero-order valence-electron chi connectivity index (χ0n) is 10.7. The number of carboxylic acids is 1. The van der Waals surface area contributed by atoms with E-state index in [1.165, 1.54) is 6.33 Å². The first-order chi connectivity index (χ1) is 8.35. The van der Waals surface area contributed by atoms with Crippen molar-refractivity contribution in [3.63, 3.8) is 0 Å². The molecular formula is C11H15N5O2. The maximum absolute atomic E-state index is 11.3. The standard InChI is InChI=1S/C11H15N5O2/c1-11(2,10(17)18)15(3)8-7-5-14-16(4)9(7)13-6-12-8/h5-6H,1-4H3,(H,17,18). The predicted molar refractivity (Wildman–Crippen MR) is 66.4 cm³/mol. The van der Waals surface area contributed by atoms with Gasteiger partial charge >= 0.3 is 5.97 Å². The number of likely N-dealkylation sites (N-methyl/N-ethyl adjacent to an activating group) is 1. The van der Waals surface area contributed by atoms with Crippen molar-refractivity contribution < 1.29 is 9.90 Å².